The average Bonchev–Trinajstić information content (AvgIpc) is 3.14. The van der Waals surface area contributed by atoms with E-state index in [4.69, 9.17) is 4.74 Å². The number of nitrogens with zero attached hydrogens (tertiary/aromatic N) is 2. The summed E-state index contributed by atoms with van der Waals surface area (Å²) in [5.41, 5.74) is 0.971. The van der Waals surface area contributed by atoms with Crippen molar-refractivity contribution in [3.63, 3.8) is 0 Å². The summed E-state index contributed by atoms with van der Waals surface area (Å²) in [6.45, 7) is 1.00. The van der Waals surface area contributed by atoms with Crippen molar-refractivity contribution in [2.45, 2.75) is 4.21 Å². The van der Waals surface area contributed by atoms with Gasteiger partial charge in [0, 0.05) is 31.7 Å². The van der Waals surface area contributed by atoms with Gasteiger partial charge < -0.3 is 15.0 Å². The Morgan fingerprint density at radius 1 is 1.14 bits per heavy atom. The number of sulfonamides is 1. The standard InChI is InChI=1S/C17H16BrN3O5S2/c18-14-3-4-16(27-14)28(24,25)21-7-5-20(6-8-21)17(23)11-1-2-12-13(9-11)26-10-15(22)19-12/h1-4,9H,5-8,10H2,(H,19,22). The largest absolute Gasteiger partial charge is 0.482 e. The summed E-state index contributed by atoms with van der Waals surface area (Å²) in [4.78, 5) is 25.8. The molecule has 1 aromatic carbocycles. The number of piperazine rings is 1. The van der Waals surface area contributed by atoms with E-state index in [0.29, 0.717) is 30.1 Å². The molecule has 8 nitrogen and oxygen atoms in total. The molecular weight excluding hydrogens is 470 g/mol. The van der Waals surface area contributed by atoms with Gasteiger partial charge in [-0.25, -0.2) is 8.42 Å². The molecule has 28 heavy (non-hydrogen) atoms. The molecule has 0 atom stereocenters. The minimum Gasteiger partial charge on any atom is -0.482 e. The van der Waals surface area contributed by atoms with Crippen LogP contribution in [0.4, 0.5) is 5.69 Å². The molecule has 148 valence electrons. The van der Waals surface area contributed by atoms with E-state index < -0.39 is 10.0 Å². The zero-order valence-electron chi connectivity index (χ0n) is 14.6. The van der Waals surface area contributed by atoms with E-state index in [2.05, 4.69) is 21.2 Å². The topological polar surface area (TPSA) is 96.0 Å². The molecule has 0 spiro atoms. The monoisotopic (exact) mass is 485 g/mol. The maximum absolute atomic E-state index is 12.8. The number of halogens is 1. The number of nitrogens with one attached hydrogen (secondary N) is 1. The maximum Gasteiger partial charge on any atom is 0.262 e. The van der Waals surface area contributed by atoms with E-state index in [1.165, 1.54) is 15.6 Å². The van der Waals surface area contributed by atoms with Gasteiger partial charge in [0.1, 0.15) is 9.96 Å². The van der Waals surface area contributed by atoms with Crippen molar-refractivity contribution < 1.29 is 22.7 Å². The summed E-state index contributed by atoms with van der Waals surface area (Å²) < 4.78 is 33.2. The quantitative estimate of drug-likeness (QED) is 0.716. The molecule has 3 heterocycles. The van der Waals surface area contributed by atoms with Crippen molar-refractivity contribution in [2.75, 3.05) is 38.1 Å². The molecule has 11 heteroatoms. The summed E-state index contributed by atoms with van der Waals surface area (Å²) in [5.74, 6) is 0.0239. The fourth-order valence-corrected chi connectivity index (χ4v) is 6.67. The van der Waals surface area contributed by atoms with Gasteiger partial charge in [-0.15, -0.1) is 11.3 Å². The number of amides is 2. The highest BCUT2D eigenvalue weighted by molar-refractivity contribution is 9.11. The average molecular weight is 486 g/mol. The zero-order valence-corrected chi connectivity index (χ0v) is 17.8. The van der Waals surface area contributed by atoms with Crippen molar-refractivity contribution in [1.82, 2.24) is 9.21 Å². The molecule has 2 aliphatic heterocycles. The SMILES string of the molecule is O=C1COc2cc(C(=O)N3CCN(S(=O)(=O)c4ccc(Br)s4)CC3)ccc2N1. The first-order valence-corrected chi connectivity index (χ1v) is 11.5. The molecule has 4 rings (SSSR count). The highest BCUT2D eigenvalue weighted by Crippen LogP contribution is 2.30. The van der Waals surface area contributed by atoms with E-state index in [9.17, 15) is 18.0 Å². The maximum atomic E-state index is 12.8. The van der Waals surface area contributed by atoms with Crippen LogP contribution >= 0.6 is 27.3 Å². The van der Waals surface area contributed by atoms with Gasteiger partial charge >= 0.3 is 0 Å². The molecule has 0 aliphatic carbocycles. The second-order valence-corrected chi connectivity index (χ2v) is 10.9. The Kier molecular flexibility index (Phi) is 5.17. The van der Waals surface area contributed by atoms with E-state index in [1.54, 1.807) is 35.2 Å². The fraction of sp³-hybridized carbons (Fsp3) is 0.294. The van der Waals surface area contributed by atoms with Crippen LogP contribution in [0.2, 0.25) is 0 Å². The van der Waals surface area contributed by atoms with Gasteiger partial charge in [0.05, 0.1) is 9.47 Å². The summed E-state index contributed by atoms with van der Waals surface area (Å²) in [7, 11) is -3.55. The molecule has 1 saturated heterocycles. The van der Waals surface area contributed by atoms with Gasteiger partial charge in [0.2, 0.25) is 0 Å². The predicted octanol–water partition coefficient (Wildman–Crippen LogP) is 1.99. The zero-order chi connectivity index (χ0) is 19.9. The Balaban J connectivity index is 1.44. The Labute approximate surface area is 174 Å². The van der Waals surface area contributed by atoms with Crippen molar-refractivity contribution in [2.24, 2.45) is 0 Å². The predicted molar refractivity (Wildman–Crippen MR) is 107 cm³/mol. The number of fused-ring (bicyclic) bond motifs is 1. The van der Waals surface area contributed by atoms with Gasteiger partial charge in [-0.3, -0.25) is 9.59 Å². The van der Waals surface area contributed by atoms with Crippen molar-refractivity contribution in [1.29, 1.82) is 0 Å². The first-order valence-electron chi connectivity index (χ1n) is 8.46. The summed E-state index contributed by atoms with van der Waals surface area (Å²) in [6, 6.07) is 8.15. The molecule has 0 saturated carbocycles. The van der Waals surface area contributed by atoms with Crippen LogP contribution in [0, 0.1) is 0 Å². The van der Waals surface area contributed by atoms with Crippen LogP contribution in [-0.4, -0.2) is 62.2 Å². The summed E-state index contributed by atoms with van der Waals surface area (Å²) in [6.07, 6.45) is 0. The van der Waals surface area contributed by atoms with Crippen LogP contribution in [0.5, 0.6) is 5.75 Å². The van der Waals surface area contributed by atoms with Crippen LogP contribution in [0.15, 0.2) is 38.3 Å². The van der Waals surface area contributed by atoms with E-state index in [0.717, 1.165) is 3.79 Å². The number of rotatable bonds is 3. The number of benzene rings is 1. The Bertz CT molecular complexity index is 1040. The lowest BCUT2D eigenvalue weighted by molar-refractivity contribution is -0.118. The van der Waals surface area contributed by atoms with Crippen LogP contribution in [-0.2, 0) is 14.8 Å². The van der Waals surface area contributed by atoms with Crippen molar-refractivity contribution in [3.8, 4) is 5.75 Å². The first-order chi connectivity index (χ1) is 13.3. The molecule has 0 unspecified atom stereocenters. The van der Waals surface area contributed by atoms with Gasteiger partial charge in [0.15, 0.2) is 6.61 Å². The minimum absolute atomic E-state index is 0.0833. The lowest BCUT2D eigenvalue weighted by atomic mass is 10.1. The minimum atomic E-state index is -3.55. The van der Waals surface area contributed by atoms with Crippen LogP contribution in [0.3, 0.4) is 0 Å². The normalized spacial score (nSPS) is 17.6. The molecule has 2 aromatic rings. The van der Waals surface area contributed by atoms with Gasteiger partial charge in [-0.2, -0.15) is 4.31 Å². The third-order valence-electron chi connectivity index (χ3n) is 4.53. The number of anilines is 1. The van der Waals surface area contributed by atoms with Gasteiger partial charge in [0.25, 0.3) is 21.8 Å². The second kappa shape index (κ2) is 7.47. The first kappa shape index (κ1) is 19.4. The van der Waals surface area contributed by atoms with Crippen LogP contribution in [0.25, 0.3) is 0 Å². The summed E-state index contributed by atoms with van der Waals surface area (Å²) in [5, 5.41) is 2.68. The molecule has 1 aromatic heterocycles. The lowest BCUT2D eigenvalue weighted by Gasteiger charge is -2.34. The Morgan fingerprint density at radius 2 is 1.89 bits per heavy atom. The molecule has 2 amide bonds. The van der Waals surface area contributed by atoms with Crippen LogP contribution in [0.1, 0.15) is 10.4 Å². The number of carbonyl (C=O) groups excluding carboxylic acids is 2. The van der Waals surface area contributed by atoms with Gasteiger partial charge in [-0.05, 0) is 46.3 Å². The summed E-state index contributed by atoms with van der Waals surface area (Å²) >= 11 is 4.45. The third kappa shape index (κ3) is 3.66. The highest BCUT2D eigenvalue weighted by atomic mass is 79.9. The number of hydrogen-bond donors (Lipinski definition) is 1. The molecule has 2 aliphatic rings. The molecule has 0 bridgehead atoms. The Morgan fingerprint density at radius 3 is 2.57 bits per heavy atom. The molecule has 1 fully saturated rings. The molecular formula is C17H16BrN3O5S2. The highest BCUT2D eigenvalue weighted by Gasteiger charge is 2.31. The fourth-order valence-electron chi connectivity index (χ4n) is 3.09. The van der Waals surface area contributed by atoms with E-state index >= 15 is 0 Å². The van der Waals surface area contributed by atoms with E-state index in [-0.39, 0.29) is 35.7 Å². The number of thiophene rings is 1. The number of hydrogen-bond acceptors (Lipinski definition) is 6. The molecule has 1 N–H and O–H groups in total. The number of ether oxygens (including phenoxy) is 1. The van der Waals surface area contributed by atoms with Crippen LogP contribution < -0.4 is 10.1 Å². The molecule has 0 radical (unpaired) electrons. The smallest absolute Gasteiger partial charge is 0.262 e. The second-order valence-electron chi connectivity index (χ2n) is 6.30. The van der Waals surface area contributed by atoms with Gasteiger partial charge in [-0.1, -0.05) is 0 Å². The Hall–Kier alpha value is -1.95. The van der Waals surface area contributed by atoms with Crippen molar-refractivity contribution >= 4 is 54.8 Å². The van der Waals surface area contributed by atoms with Crippen molar-refractivity contribution in [3.05, 3.63) is 39.7 Å². The lowest BCUT2D eigenvalue weighted by Crippen LogP contribution is -2.50. The third-order valence-corrected chi connectivity index (χ3v) is 8.52. The number of carbonyl (C=O) groups is 2. The van der Waals surface area contributed by atoms with E-state index in [1.807, 2.05) is 0 Å².